The zero-order valence-corrected chi connectivity index (χ0v) is 11.2. The lowest BCUT2D eigenvalue weighted by Crippen LogP contribution is -2.24. The molecule has 1 aromatic heterocycles. The smallest absolute Gasteiger partial charge is 0.251 e. The summed E-state index contributed by atoms with van der Waals surface area (Å²) in [7, 11) is 0. The number of amides is 1. The SMILES string of the molecule is C=C(Cl)CNC(=O)c1ccc2[nH]c(C)c(C)c2c1. The number of aryl methyl sites for hydroxylation is 2. The molecule has 0 aliphatic rings. The van der Waals surface area contributed by atoms with Gasteiger partial charge < -0.3 is 10.3 Å². The lowest BCUT2D eigenvalue weighted by molar-refractivity contribution is 0.0958. The van der Waals surface area contributed by atoms with Crippen LogP contribution in [0.3, 0.4) is 0 Å². The van der Waals surface area contributed by atoms with Crippen molar-refractivity contribution in [3.63, 3.8) is 0 Å². The summed E-state index contributed by atoms with van der Waals surface area (Å²) in [6.07, 6.45) is 0. The first kappa shape index (κ1) is 12.7. The highest BCUT2D eigenvalue weighted by Gasteiger charge is 2.09. The van der Waals surface area contributed by atoms with Crippen LogP contribution in [0.2, 0.25) is 0 Å². The first-order chi connectivity index (χ1) is 8.49. The van der Waals surface area contributed by atoms with E-state index >= 15 is 0 Å². The van der Waals surface area contributed by atoms with Crippen LogP contribution in [0, 0.1) is 13.8 Å². The van der Waals surface area contributed by atoms with Gasteiger partial charge in [-0.3, -0.25) is 4.79 Å². The molecule has 0 saturated heterocycles. The third-order valence-electron chi connectivity index (χ3n) is 3.01. The predicted octanol–water partition coefficient (Wildman–Crippen LogP) is 3.27. The maximum atomic E-state index is 11.9. The van der Waals surface area contributed by atoms with E-state index in [9.17, 15) is 4.79 Å². The molecule has 2 N–H and O–H groups in total. The average Bonchev–Trinajstić information content (AvgIpc) is 2.62. The molecule has 0 saturated carbocycles. The lowest BCUT2D eigenvalue weighted by Gasteiger charge is -2.04. The number of aromatic amines is 1. The van der Waals surface area contributed by atoms with E-state index in [0.29, 0.717) is 10.6 Å². The molecule has 1 aromatic carbocycles. The fourth-order valence-electron chi connectivity index (χ4n) is 1.88. The van der Waals surface area contributed by atoms with Gasteiger partial charge in [-0.1, -0.05) is 18.2 Å². The number of nitrogens with one attached hydrogen (secondary N) is 2. The zero-order valence-electron chi connectivity index (χ0n) is 10.4. The molecule has 0 unspecified atom stereocenters. The first-order valence-electron chi connectivity index (χ1n) is 5.69. The normalized spacial score (nSPS) is 10.6. The monoisotopic (exact) mass is 262 g/mol. The largest absolute Gasteiger partial charge is 0.358 e. The minimum absolute atomic E-state index is 0.142. The molecule has 0 aliphatic carbocycles. The molecule has 0 fully saturated rings. The number of hydrogen-bond acceptors (Lipinski definition) is 1. The van der Waals surface area contributed by atoms with Crippen LogP contribution in [-0.2, 0) is 0 Å². The van der Waals surface area contributed by atoms with Gasteiger partial charge in [-0.25, -0.2) is 0 Å². The Hall–Kier alpha value is -1.74. The molecule has 1 amide bonds. The molecule has 0 bridgehead atoms. The van der Waals surface area contributed by atoms with E-state index in [1.165, 1.54) is 5.56 Å². The highest BCUT2D eigenvalue weighted by Crippen LogP contribution is 2.22. The molecule has 94 valence electrons. The van der Waals surface area contributed by atoms with Gasteiger partial charge in [0.05, 0.1) is 6.54 Å². The molecule has 0 spiro atoms. The summed E-state index contributed by atoms with van der Waals surface area (Å²) >= 11 is 5.62. The highest BCUT2D eigenvalue weighted by atomic mass is 35.5. The van der Waals surface area contributed by atoms with Crippen molar-refractivity contribution in [3.8, 4) is 0 Å². The summed E-state index contributed by atoms with van der Waals surface area (Å²) in [5, 5.41) is 4.20. The van der Waals surface area contributed by atoms with Gasteiger partial charge in [-0.05, 0) is 37.6 Å². The Morgan fingerprint density at radius 1 is 1.44 bits per heavy atom. The maximum Gasteiger partial charge on any atom is 0.251 e. The lowest BCUT2D eigenvalue weighted by atomic mass is 10.1. The topological polar surface area (TPSA) is 44.9 Å². The summed E-state index contributed by atoms with van der Waals surface area (Å²) in [5.41, 5.74) is 3.96. The van der Waals surface area contributed by atoms with Crippen LogP contribution in [-0.4, -0.2) is 17.4 Å². The quantitative estimate of drug-likeness (QED) is 0.876. The standard InChI is InChI=1S/C14H15ClN2O/c1-8(15)7-16-14(18)11-4-5-13-12(6-11)9(2)10(3)17-13/h4-6,17H,1,7H2,2-3H3,(H,16,18). The number of halogens is 1. The molecule has 0 aliphatic heterocycles. The fraction of sp³-hybridized carbons (Fsp3) is 0.214. The second-order valence-corrected chi connectivity index (χ2v) is 4.87. The molecule has 1 heterocycles. The van der Waals surface area contributed by atoms with Crippen LogP contribution in [0.4, 0.5) is 0 Å². The van der Waals surface area contributed by atoms with Crippen LogP contribution in [0.15, 0.2) is 29.8 Å². The summed E-state index contributed by atoms with van der Waals surface area (Å²) in [6, 6.07) is 5.60. The Kier molecular flexibility index (Phi) is 3.43. The van der Waals surface area contributed by atoms with Crippen molar-refractivity contribution in [2.45, 2.75) is 13.8 Å². The van der Waals surface area contributed by atoms with Crippen molar-refractivity contribution in [2.24, 2.45) is 0 Å². The van der Waals surface area contributed by atoms with Crippen molar-refractivity contribution in [2.75, 3.05) is 6.54 Å². The van der Waals surface area contributed by atoms with E-state index in [-0.39, 0.29) is 12.5 Å². The Morgan fingerprint density at radius 3 is 2.83 bits per heavy atom. The fourth-order valence-corrected chi connectivity index (χ4v) is 1.95. The first-order valence-corrected chi connectivity index (χ1v) is 6.07. The molecule has 0 atom stereocenters. The van der Waals surface area contributed by atoms with Gasteiger partial charge in [0.25, 0.3) is 5.91 Å². The number of hydrogen-bond donors (Lipinski definition) is 2. The minimum Gasteiger partial charge on any atom is -0.358 e. The Balaban J connectivity index is 2.32. The molecular weight excluding hydrogens is 248 g/mol. The number of H-pyrrole nitrogens is 1. The van der Waals surface area contributed by atoms with Gasteiger partial charge in [0.15, 0.2) is 0 Å². The molecule has 3 nitrogen and oxygen atoms in total. The zero-order chi connectivity index (χ0) is 13.3. The second kappa shape index (κ2) is 4.86. The van der Waals surface area contributed by atoms with Gasteiger partial charge in [-0.15, -0.1) is 0 Å². The number of carbonyl (C=O) groups excluding carboxylic acids is 1. The number of carbonyl (C=O) groups is 1. The summed E-state index contributed by atoms with van der Waals surface area (Å²) in [6.45, 7) is 7.87. The third kappa shape index (κ3) is 2.41. The van der Waals surface area contributed by atoms with Gasteiger partial charge in [-0.2, -0.15) is 0 Å². The van der Waals surface area contributed by atoms with Crippen LogP contribution in [0.5, 0.6) is 0 Å². The van der Waals surface area contributed by atoms with Crippen molar-refractivity contribution >= 4 is 28.4 Å². The Bertz CT molecular complexity index is 628. The Morgan fingerprint density at radius 2 is 2.17 bits per heavy atom. The van der Waals surface area contributed by atoms with Crippen molar-refractivity contribution in [1.82, 2.24) is 10.3 Å². The number of rotatable bonds is 3. The molecule has 18 heavy (non-hydrogen) atoms. The van der Waals surface area contributed by atoms with Crippen molar-refractivity contribution in [3.05, 3.63) is 46.6 Å². The molecule has 4 heteroatoms. The van der Waals surface area contributed by atoms with Gasteiger partial charge in [0.1, 0.15) is 0 Å². The molecule has 2 aromatic rings. The third-order valence-corrected chi connectivity index (χ3v) is 3.14. The van der Waals surface area contributed by atoms with Crippen molar-refractivity contribution < 1.29 is 4.79 Å². The highest BCUT2D eigenvalue weighted by molar-refractivity contribution is 6.29. The number of benzene rings is 1. The van der Waals surface area contributed by atoms with E-state index in [2.05, 4.69) is 16.9 Å². The summed E-state index contributed by atoms with van der Waals surface area (Å²) < 4.78 is 0. The van der Waals surface area contributed by atoms with Crippen molar-refractivity contribution in [1.29, 1.82) is 0 Å². The van der Waals surface area contributed by atoms with Crippen LogP contribution in [0.25, 0.3) is 10.9 Å². The number of aromatic nitrogens is 1. The van der Waals surface area contributed by atoms with Gasteiger partial charge in [0, 0.05) is 27.2 Å². The van der Waals surface area contributed by atoms with E-state index in [4.69, 9.17) is 11.6 Å². The van der Waals surface area contributed by atoms with E-state index in [1.54, 1.807) is 6.07 Å². The molecule has 2 rings (SSSR count). The van der Waals surface area contributed by atoms with Crippen LogP contribution >= 0.6 is 11.6 Å². The maximum absolute atomic E-state index is 11.9. The molecule has 0 radical (unpaired) electrons. The predicted molar refractivity (Wildman–Crippen MR) is 75.1 cm³/mol. The summed E-state index contributed by atoms with van der Waals surface area (Å²) in [5.74, 6) is -0.142. The molecular formula is C14H15ClN2O. The van der Waals surface area contributed by atoms with E-state index in [0.717, 1.165) is 16.6 Å². The van der Waals surface area contributed by atoms with E-state index in [1.807, 2.05) is 26.0 Å². The minimum atomic E-state index is -0.142. The van der Waals surface area contributed by atoms with Gasteiger partial charge in [0.2, 0.25) is 0 Å². The average molecular weight is 263 g/mol. The summed E-state index contributed by atoms with van der Waals surface area (Å²) in [4.78, 5) is 15.2. The van der Waals surface area contributed by atoms with E-state index < -0.39 is 0 Å². The Labute approximate surface area is 111 Å². The van der Waals surface area contributed by atoms with Crippen LogP contribution in [0.1, 0.15) is 21.6 Å². The van der Waals surface area contributed by atoms with Crippen LogP contribution < -0.4 is 5.32 Å². The second-order valence-electron chi connectivity index (χ2n) is 4.34. The number of fused-ring (bicyclic) bond motifs is 1. The van der Waals surface area contributed by atoms with Gasteiger partial charge >= 0.3 is 0 Å².